The third-order valence-corrected chi connectivity index (χ3v) is 4.34. The van der Waals surface area contributed by atoms with Crippen molar-refractivity contribution in [2.75, 3.05) is 5.32 Å². The molecule has 0 saturated heterocycles. The quantitative estimate of drug-likeness (QED) is 0.768. The Balaban J connectivity index is 2.05. The summed E-state index contributed by atoms with van der Waals surface area (Å²) in [6.45, 7) is 1.96. The maximum absolute atomic E-state index is 13.4. The van der Waals surface area contributed by atoms with Crippen LogP contribution >= 0.6 is 15.9 Å². The van der Waals surface area contributed by atoms with E-state index in [0.29, 0.717) is 10.5 Å². The largest absolute Gasteiger partial charge is 0.382 e. The van der Waals surface area contributed by atoms with Gasteiger partial charge in [-0.25, -0.2) is 4.39 Å². The number of benzene rings is 1. The second-order valence-electron chi connectivity index (χ2n) is 5.27. The second-order valence-corrected chi connectivity index (χ2v) is 6.12. The van der Waals surface area contributed by atoms with Crippen molar-refractivity contribution >= 4 is 21.6 Å². The zero-order chi connectivity index (χ0) is 13.0. The van der Waals surface area contributed by atoms with Gasteiger partial charge in [-0.1, -0.05) is 32.1 Å². The topological polar surface area (TPSA) is 12.0 Å². The Bertz CT molecular complexity index is 398. The standard InChI is InChI=1S/C15H21BrFN/c1-11-9-14(17)13(16)10-15(11)18-12-7-5-3-2-4-6-8-12/h9-10,12,18H,2-8H2,1H3. The maximum Gasteiger partial charge on any atom is 0.137 e. The lowest BCUT2D eigenvalue weighted by atomic mass is 9.96. The van der Waals surface area contributed by atoms with E-state index < -0.39 is 0 Å². The lowest BCUT2D eigenvalue weighted by molar-refractivity contribution is 0.471. The Labute approximate surface area is 117 Å². The van der Waals surface area contributed by atoms with Gasteiger partial charge in [0.05, 0.1) is 4.47 Å². The van der Waals surface area contributed by atoms with E-state index in [1.807, 2.05) is 13.0 Å². The highest BCUT2D eigenvalue weighted by Gasteiger charge is 2.13. The molecule has 1 saturated carbocycles. The Morgan fingerprint density at radius 3 is 2.39 bits per heavy atom. The Kier molecular flexibility index (Phi) is 5.04. The van der Waals surface area contributed by atoms with Gasteiger partial charge in [-0.15, -0.1) is 0 Å². The molecule has 0 amide bonds. The molecule has 0 aromatic heterocycles. The van der Waals surface area contributed by atoms with Crippen LogP contribution in [0.25, 0.3) is 0 Å². The Hall–Kier alpha value is -0.570. The Morgan fingerprint density at radius 2 is 1.72 bits per heavy atom. The first-order chi connectivity index (χ1) is 8.66. The second kappa shape index (κ2) is 6.55. The number of rotatable bonds is 2. The minimum atomic E-state index is -0.185. The van der Waals surface area contributed by atoms with Crippen molar-refractivity contribution in [2.24, 2.45) is 0 Å². The van der Waals surface area contributed by atoms with Crippen molar-refractivity contribution in [1.29, 1.82) is 0 Å². The first-order valence-corrected chi connectivity index (χ1v) is 7.68. The van der Waals surface area contributed by atoms with E-state index in [1.54, 1.807) is 6.07 Å². The van der Waals surface area contributed by atoms with Crippen LogP contribution in [-0.2, 0) is 0 Å². The minimum absolute atomic E-state index is 0.185. The number of anilines is 1. The van der Waals surface area contributed by atoms with Gasteiger partial charge in [-0.05, 0) is 53.4 Å². The van der Waals surface area contributed by atoms with Crippen molar-refractivity contribution in [2.45, 2.75) is 57.9 Å². The zero-order valence-corrected chi connectivity index (χ0v) is 12.5. The van der Waals surface area contributed by atoms with Crippen LogP contribution in [0.3, 0.4) is 0 Å². The van der Waals surface area contributed by atoms with Crippen molar-refractivity contribution < 1.29 is 4.39 Å². The summed E-state index contributed by atoms with van der Waals surface area (Å²) in [5.41, 5.74) is 2.05. The van der Waals surface area contributed by atoms with Gasteiger partial charge in [-0.3, -0.25) is 0 Å². The van der Waals surface area contributed by atoms with Crippen LogP contribution in [0.4, 0.5) is 10.1 Å². The molecule has 1 aliphatic carbocycles. The van der Waals surface area contributed by atoms with E-state index >= 15 is 0 Å². The van der Waals surface area contributed by atoms with E-state index in [9.17, 15) is 4.39 Å². The number of halogens is 2. The fraction of sp³-hybridized carbons (Fsp3) is 0.600. The molecule has 100 valence electrons. The third-order valence-electron chi connectivity index (χ3n) is 3.73. The number of nitrogens with one attached hydrogen (secondary N) is 1. The summed E-state index contributed by atoms with van der Waals surface area (Å²) in [5.74, 6) is -0.185. The fourth-order valence-electron chi connectivity index (χ4n) is 2.62. The van der Waals surface area contributed by atoms with Gasteiger partial charge >= 0.3 is 0 Å². The SMILES string of the molecule is Cc1cc(F)c(Br)cc1NC1CCCCCCC1. The summed E-state index contributed by atoms with van der Waals surface area (Å²) in [4.78, 5) is 0. The summed E-state index contributed by atoms with van der Waals surface area (Å²) >= 11 is 3.26. The minimum Gasteiger partial charge on any atom is -0.382 e. The number of hydrogen-bond acceptors (Lipinski definition) is 1. The molecule has 3 heteroatoms. The van der Waals surface area contributed by atoms with Crippen LogP contribution in [-0.4, -0.2) is 6.04 Å². The first kappa shape index (κ1) is 13.9. The number of aryl methyl sites for hydroxylation is 1. The maximum atomic E-state index is 13.4. The highest BCUT2D eigenvalue weighted by atomic mass is 79.9. The molecular weight excluding hydrogens is 293 g/mol. The molecule has 0 aliphatic heterocycles. The van der Waals surface area contributed by atoms with Crippen molar-refractivity contribution in [3.8, 4) is 0 Å². The highest BCUT2D eigenvalue weighted by molar-refractivity contribution is 9.10. The first-order valence-electron chi connectivity index (χ1n) is 6.89. The molecule has 0 atom stereocenters. The van der Waals surface area contributed by atoms with Crippen LogP contribution in [0.1, 0.15) is 50.5 Å². The summed E-state index contributed by atoms with van der Waals surface area (Å²) in [6.07, 6.45) is 9.16. The molecule has 1 aromatic carbocycles. The molecule has 1 N–H and O–H groups in total. The van der Waals surface area contributed by atoms with E-state index in [4.69, 9.17) is 0 Å². The van der Waals surface area contributed by atoms with Crippen LogP contribution in [0, 0.1) is 12.7 Å². The van der Waals surface area contributed by atoms with Crippen LogP contribution in [0.5, 0.6) is 0 Å². The lowest BCUT2D eigenvalue weighted by Crippen LogP contribution is -2.21. The average molecular weight is 314 g/mol. The Morgan fingerprint density at radius 1 is 1.11 bits per heavy atom. The van der Waals surface area contributed by atoms with Gasteiger partial charge in [0.25, 0.3) is 0 Å². The molecule has 0 heterocycles. The molecule has 1 nitrogen and oxygen atoms in total. The fourth-order valence-corrected chi connectivity index (χ4v) is 2.97. The molecule has 0 spiro atoms. The number of hydrogen-bond donors (Lipinski definition) is 1. The van der Waals surface area contributed by atoms with E-state index in [0.717, 1.165) is 11.3 Å². The summed E-state index contributed by atoms with van der Waals surface area (Å²) < 4.78 is 13.9. The van der Waals surface area contributed by atoms with Gasteiger partial charge in [0.1, 0.15) is 5.82 Å². The van der Waals surface area contributed by atoms with Crippen LogP contribution < -0.4 is 5.32 Å². The predicted molar refractivity (Wildman–Crippen MR) is 78.6 cm³/mol. The zero-order valence-electron chi connectivity index (χ0n) is 10.9. The summed E-state index contributed by atoms with van der Waals surface area (Å²) in [6, 6.07) is 4.00. The van der Waals surface area contributed by atoms with Crippen LogP contribution in [0.15, 0.2) is 16.6 Å². The molecule has 0 unspecified atom stereocenters. The summed E-state index contributed by atoms with van der Waals surface area (Å²) in [5, 5.41) is 3.59. The monoisotopic (exact) mass is 313 g/mol. The normalized spacial score (nSPS) is 18.2. The van der Waals surface area contributed by atoms with Gasteiger partial charge < -0.3 is 5.32 Å². The average Bonchev–Trinajstić information content (AvgIpc) is 2.29. The molecule has 2 rings (SSSR count). The molecule has 0 radical (unpaired) electrons. The molecule has 1 aromatic rings. The van der Waals surface area contributed by atoms with E-state index in [1.165, 1.54) is 44.9 Å². The van der Waals surface area contributed by atoms with E-state index in [2.05, 4.69) is 21.2 Å². The smallest absolute Gasteiger partial charge is 0.137 e. The van der Waals surface area contributed by atoms with Crippen molar-refractivity contribution in [3.05, 3.63) is 28.0 Å². The molecular formula is C15H21BrFN. The highest BCUT2D eigenvalue weighted by Crippen LogP contribution is 2.27. The van der Waals surface area contributed by atoms with Crippen LogP contribution in [0.2, 0.25) is 0 Å². The van der Waals surface area contributed by atoms with Gasteiger partial charge in [-0.2, -0.15) is 0 Å². The van der Waals surface area contributed by atoms with Crippen molar-refractivity contribution in [3.63, 3.8) is 0 Å². The van der Waals surface area contributed by atoms with Crippen molar-refractivity contribution in [1.82, 2.24) is 0 Å². The van der Waals surface area contributed by atoms with Gasteiger partial charge in [0.15, 0.2) is 0 Å². The molecule has 1 aliphatic rings. The molecule has 18 heavy (non-hydrogen) atoms. The van der Waals surface area contributed by atoms with Gasteiger partial charge in [0.2, 0.25) is 0 Å². The third kappa shape index (κ3) is 3.71. The van der Waals surface area contributed by atoms with E-state index in [-0.39, 0.29) is 5.82 Å². The predicted octanol–water partition coefficient (Wildman–Crippen LogP) is 5.42. The lowest BCUT2D eigenvalue weighted by Gasteiger charge is -2.23. The molecule has 0 bridgehead atoms. The van der Waals surface area contributed by atoms with Gasteiger partial charge in [0, 0.05) is 11.7 Å². The summed E-state index contributed by atoms with van der Waals surface area (Å²) in [7, 11) is 0. The molecule has 1 fully saturated rings.